The maximum atomic E-state index is 12.9. The second-order valence-corrected chi connectivity index (χ2v) is 6.23. The first-order valence-corrected chi connectivity index (χ1v) is 8.50. The third kappa shape index (κ3) is 5.03. The van der Waals surface area contributed by atoms with Crippen molar-refractivity contribution in [3.05, 3.63) is 59.7 Å². The summed E-state index contributed by atoms with van der Waals surface area (Å²) in [5.41, 5.74) is -5.35. The predicted molar refractivity (Wildman–Crippen MR) is 96.4 cm³/mol. The fourth-order valence-corrected chi connectivity index (χ4v) is 2.52. The summed E-state index contributed by atoms with van der Waals surface area (Å²) in [4.78, 5) is 11.9. The highest BCUT2D eigenvalue weighted by molar-refractivity contribution is 5.94. The van der Waals surface area contributed by atoms with Crippen molar-refractivity contribution in [3.63, 3.8) is 0 Å². The lowest BCUT2D eigenvalue weighted by atomic mass is 9.92. The van der Waals surface area contributed by atoms with Crippen molar-refractivity contribution in [2.75, 3.05) is 25.6 Å². The molecule has 0 aromatic heterocycles. The highest BCUT2D eigenvalue weighted by atomic mass is 19.4. The molecule has 11 heteroatoms. The minimum atomic E-state index is -5.94. The maximum Gasteiger partial charge on any atom is 0.430 e. The predicted octanol–water partition coefficient (Wildman–Crippen LogP) is 4.12. The van der Waals surface area contributed by atoms with Crippen molar-refractivity contribution in [1.29, 1.82) is 0 Å². The van der Waals surface area contributed by atoms with Crippen molar-refractivity contribution in [2.24, 2.45) is 0 Å². The van der Waals surface area contributed by atoms with E-state index in [0.29, 0.717) is 36.5 Å². The van der Waals surface area contributed by atoms with Crippen molar-refractivity contribution in [2.45, 2.75) is 18.0 Å². The molecule has 5 nitrogen and oxygen atoms in total. The summed E-state index contributed by atoms with van der Waals surface area (Å²) in [6, 6.07) is 9.05. The molecule has 1 amide bonds. The Bertz CT molecular complexity index is 835. The third-order valence-corrected chi connectivity index (χ3v) is 4.15. The summed E-state index contributed by atoms with van der Waals surface area (Å²) < 4.78 is 82.3. The van der Waals surface area contributed by atoms with Crippen LogP contribution in [0, 0.1) is 0 Å². The number of hydrogen-bond acceptors (Lipinski definition) is 4. The first kappa shape index (κ1) is 23.5. The summed E-state index contributed by atoms with van der Waals surface area (Å²) >= 11 is 0. The van der Waals surface area contributed by atoms with Gasteiger partial charge in [-0.2, -0.15) is 26.3 Å². The highest BCUT2D eigenvalue weighted by Gasteiger charge is 2.71. The molecule has 0 atom stereocenters. The van der Waals surface area contributed by atoms with E-state index in [9.17, 15) is 36.2 Å². The molecule has 0 spiro atoms. The number of alkyl halides is 6. The van der Waals surface area contributed by atoms with Crippen LogP contribution in [0.3, 0.4) is 0 Å². The number of aliphatic hydroxyl groups is 1. The van der Waals surface area contributed by atoms with Gasteiger partial charge in [0.1, 0.15) is 0 Å². The van der Waals surface area contributed by atoms with Gasteiger partial charge in [0.15, 0.2) is 0 Å². The van der Waals surface area contributed by atoms with E-state index in [-0.39, 0.29) is 11.6 Å². The second kappa shape index (κ2) is 8.92. The number of methoxy groups -OCH3 is 1. The molecule has 30 heavy (non-hydrogen) atoms. The van der Waals surface area contributed by atoms with Crippen LogP contribution in [0.15, 0.2) is 48.5 Å². The molecule has 0 heterocycles. The Morgan fingerprint density at radius 1 is 0.900 bits per heavy atom. The first-order chi connectivity index (χ1) is 13.9. The van der Waals surface area contributed by atoms with Gasteiger partial charge in [0.05, 0.1) is 6.61 Å². The normalized spacial score (nSPS) is 12.5. The zero-order valence-electron chi connectivity index (χ0n) is 15.6. The molecule has 0 saturated carbocycles. The van der Waals surface area contributed by atoms with Crippen molar-refractivity contribution < 1.29 is 41.0 Å². The number of benzene rings is 2. The number of anilines is 2. The van der Waals surface area contributed by atoms with Gasteiger partial charge in [0, 0.05) is 36.2 Å². The van der Waals surface area contributed by atoms with Crippen LogP contribution in [0.2, 0.25) is 0 Å². The zero-order valence-corrected chi connectivity index (χ0v) is 15.6. The Labute approximate surface area is 167 Å². The number of ether oxygens (including phenoxy) is 1. The number of nitrogens with one attached hydrogen (secondary N) is 2. The van der Waals surface area contributed by atoms with E-state index >= 15 is 0 Å². The second-order valence-electron chi connectivity index (χ2n) is 6.23. The maximum absolute atomic E-state index is 12.9. The Balaban J connectivity index is 2.13. The molecular weight excluding hydrogens is 418 g/mol. The van der Waals surface area contributed by atoms with Crippen molar-refractivity contribution in [1.82, 2.24) is 5.32 Å². The summed E-state index contributed by atoms with van der Waals surface area (Å²) in [7, 11) is 1.49. The molecule has 0 aliphatic carbocycles. The summed E-state index contributed by atoms with van der Waals surface area (Å²) in [5, 5.41) is 14.8. The average Bonchev–Trinajstić information content (AvgIpc) is 2.67. The van der Waals surface area contributed by atoms with Crippen LogP contribution >= 0.6 is 0 Å². The molecule has 0 bridgehead atoms. The molecule has 0 aliphatic heterocycles. The van der Waals surface area contributed by atoms with Gasteiger partial charge in [0.25, 0.3) is 11.5 Å². The van der Waals surface area contributed by atoms with E-state index < -0.39 is 23.5 Å². The monoisotopic (exact) mass is 436 g/mol. The van der Waals surface area contributed by atoms with Crippen LogP contribution in [0.4, 0.5) is 37.7 Å². The topological polar surface area (TPSA) is 70.6 Å². The molecule has 0 fully saturated rings. The van der Waals surface area contributed by atoms with Crippen LogP contribution in [-0.4, -0.2) is 43.6 Å². The van der Waals surface area contributed by atoms with Crippen LogP contribution in [0.1, 0.15) is 15.9 Å². The largest absolute Gasteiger partial charge is 0.430 e. The van der Waals surface area contributed by atoms with Gasteiger partial charge in [-0.3, -0.25) is 4.79 Å². The molecule has 2 aromatic rings. The summed E-state index contributed by atoms with van der Waals surface area (Å²) in [5.74, 6) is -0.332. The van der Waals surface area contributed by atoms with E-state index in [0.717, 1.165) is 12.1 Å². The number of carbonyl (C=O) groups is 1. The van der Waals surface area contributed by atoms with Gasteiger partial charge in [0.2, 0.25) is 0 Å². The SMILES string of the molecule is COCCNC(=O)c1ccc(Nc2ccc(C(O)(C(F)(F)F)C(F)(F)F)cc2)cc1. The standard InChI is InChI=1S/C19H18F6N2O3/c1-30-11-10-26-16(28)12-2-6-14(7-3-12)27-15-8-4-13(5-9-15)17(29,18(20,21)22)19(23,24)25/h2-9,27,29H,10-11H2,1H3,(H,26,28). The molecule has 0 aliphatic rings. The van der Waals surface area contributed by atoms with Crippen molar-refractivity contribution in [3.8, 4) is 0 Å². The van der Waals surface area contributed by atoms with Crippen molar-refractivity contribution >= 4 is 17.3 Å². The van der Waals surface area contributed by atoms with E-state index in [1.54, 1.807) is 0 Å². The molecule has 0 unspecified atom stereocenters. The Kier molecular flexibility index (Phi) is 6.99. The lowest BCUT2D eigenvalue weighted by molar-refractivity contribution is -0.376. The van der Waals surface area contributed by atoms with Crippen LogP contribution in [0.5, 0.6) is 0 Å². The van der Waals surface area contributed by atoms with Gasteiger partial charge < -0.3 is 20.5 Å². The van der Waals surface area contributed by atoms with Gasteiger partial charge in [-0.15, -0.1) is 0 Å². The quantitative estimate of drug-likeness (QED) is 0.451. The number of halogens is 6. The minimum Gasteiger partial charge on any atom is -0.383 e. The first-order valence-electron chi connectivity index (χ1n) is 8.50. The Morgan fingerprint density at radius 3 is 1.80 bits per heavy atom. The molecule has 164 valence electrons. The zero-order chi connectivity index (χ0) is 22.6. The molecular formula is C19H18F6N2O3. The van der Waals surface area contributed by atoms with Gasteiger partial charge in [-0.25, -0.2) is 0 Å². The van der Waals surface area contributed by atoms with E-state index in [2.05, 4.69) is 10.6 Å². The fraction of sp³-hybridized carbons (Fsp3) is 0.316. The van der Waals surface area contributed by atoms with E-state index in [1.165, 1.54) is 31.4 Å². The Morgan fingerprint density at radius 2 is 1.37 bits per heavy atom. The highest BCUT2D eigenvalue weighted by Crippen LogP contribution is 2.50. The minimum absolute atomic E-state index is 0.183. The lowest BCUT2D eigenvalue weighted by Gasteiger charge is -2.32. The summed E-state index contributed by atoms with van der Waals surface area (Å²) in [6.07, 6.45) is -11.9. The number of carbonyl (C=O) groups excluding carboxylic acids is 1. The number of hydrogen-bond donors (Lipinski definition) is 3. The molecule has 2 aromatic carbocycles. The third-order valence-electron chi connectivity index (χ3n) is 4.15. The van der Waals surface area contributed by atoms with Gasteiger partial charge in [-0.1, -0.05) is 12.1 Å². The smallest absolute Gasteiger partial charge is 0.383 e. The van der Waals surface area contributed by atoms with Crippen LogP contribution < -0.4 is 10.6 Å². The summed E-state index contributed by atoms with van der Waals surface area (Å²) in [6.45, 7) is 0.670. The molecule has 0 radical (unpaired) electrons. The number of rotatable bonds is 7. The molecule has 3 N–H and O–H groups in total. The van der Waals surface area contributed by atoms with Crippen LogP contribution in [0.25, 0.3) is 0 Å². The van der Waals surface area contributed by atoms with Gasteiger partial charge >= 0.3 is 12.4 Å². The van der Waals surface area contributed by atoms with Gasteiger partial charge in [-0.05, 0) is 36.4 Å². The number of amides is 1. The average molecular weight is 436 g/mol. The van der Waals surface area contributed by atoms with Crippen LogP contribution in [-0.2, 0) is 10.3 Å². The molecule has 0 saturated heterocycles. The Hall–Kier alpha value is -2.79. The van der Waals surface area contributed by atoms with E-state index in [1.807, 2.05) is 0 Å². The molecule has 2 rings (SSSR count). The lowest BCUT2D eigenvalue weighted by Crippen LogP contribution is -2.53. The van der Waals surface area contributed by atoms with E-state index in [4.69, 9.17) is 4.74 Å². The fourth-order valence-electron chi connectivity index (χ4n) is 2.52.